The number of benzene rings is 1. The van der Waals surface area contributed by atoms with Gasteiger partial charge in [0.25, 0.3) is 0 Å². The van der Waals surface area contributed by atoms with Crippen molar-refractivity contribution in [3.05, 3.63) is 48.3 Å². The van der Waals surface area contributed by atoms with Crippen LogP contribution in [0.1, 0.15) is 39.2 Å². The predicted octanol–water partition coefficient (Wildman–Crippen LogP) is 4.43. The average molecular weight is 359 g/mol. The van der Waals surface area contributed by atoms with Crippen molar-refractivity contribution >= 4 is 17.6 Å². The van der Waals surface area contributed by atoms with Crippen molar-refractivity contribution in [1.29, 1.82) is 5.41 Å². The van der Waals surface area contributed by atoms with Gasteiger partial charge in [0.15, 0.2) is 5.84 Å². The zero-order valence-corrected chi connectivity index (χ0v) is 15.6. The Morgan fingerprint density at radius 3 is 2.50 bits per heavy atom. The summed E-state index contributed by atoms with van der Waals surface area (Å²) in [6.45, 7) is 10.4. The van der Waals surface area contributed by atoms with E-state index in [-0.39, 0.29) is 23.4 Å². The Balaban J connectivity index is 2.02. The van der Waals surface area contributed by atoms with Gasteiger partial charge in [-0.05, 0) is 51.8 Å². The molecule has 0 radical (unpaired) electrons. The van der Waals surface area contributed by atoms with Gasteiger partial charge in [0, 0.05) is 24.7 Å². The average Bonchev–Trinajstić information content (AvgIpc) is 2.58. The standard InChI is InChI=1S/C20H26FN3O2/c1-5-17(23-18(22)15-8-6-7-9-16(15)21)14-10-12-24(13-11-14)19(25)26-20(2,3)4/h5-9,14,22H,1,10-13H2,2-4H3. The molecule has 0 aromatic heterocycles. The monoisotopic (exact) mass is 359 g/mol. The normalized spacial score (nSPS) is 16.3. The molecular weight excluding hydrogens is 333 g/mol. The summed E-state index contributed by atoms with van der Waals surface area (Å²) >= 11 is 0. The van der Waals surface area contributed by atoms with Crippen LogP contribution in [0.3, 0.4) is 0 Å². The predicted molar refractivity (Wildman–Crippen MR) is 101 cm³/mol. The van der Waals surface area contributed by atoms with Crippen LogP contribution in [-0.4, -0.2) is 41.2 Å². The van der Waals surface area contributed by atoms with Gasteiger partial charge in [-0.3, -0.25) is 5.41 Å². The third-order valence-corrected chi connectivity index (χ3v) is 4.14. The molecule has 5 nitrogen and oxygen atoms in total. The number of nitrogens with zero attached hydrogens (tertiary/aromatic N) is 2. The van der Waals surface area contributed by atoms with E-state index in [1.807, 2.05) is 20.8 Å². The number of piperidine rings is 1. The number of amides is 1. The molecule has 1 heterocycles. The smallest absolute Gasteiger partial charge is 0.410 e. The van der Waals surface area contributed by atoms with Gasteiger partial charge in [0.2, 0.25) is 0 Å². The fourth-order valence-corrected chi connectivity index (χ4v) is 2.83. The molecule has 0 unspecified atom stereocenters. The SMILES string of the molecule is C=CC(=NC(=N)c1ccccc1F)C1CCN(C(=O)OC(C)(C)C)CC1. The zero-order valence-electron chi connectivity index (χ0n) is 15.6. The molecule has 1 N–H and O–H groups in total. The number of halogens is 1. The van der Waals surface area contributed by atoms with E-state index in [2.05, 4.69) is 11.6 Å². The molecule has 0 spiro atoms. The molecule has 1 saturated heterocycles. The maximum atomic E-state index is 13.8. The van der Waals surface area contributed by atoms with Crippen molar-refractivity contribution in [1.82, 2.24) is 4.90 Å². The van der Waals surface area contributed by atoms with Crippen molar-refractivity contribution in [2.45, 2.75) is 39.2 Å². The van der Waals surface area contributed by atoms with Crippen LogP contribution in [0.4, 0.5) is 9.18 Å². The van der Waals surface area contributed by atoms with E-state index in [1.54, 1.807) is 23.1 Å². The van der Waals surface area contributed by atoms with Gasteiger partial charge < -0.3 is 9.64 Å². The van der Waals surface area contributed by atoms with Crippen molar-refractivity contribution in [3.8, 4) is 0 Å². The molecule has 1 fully saturated rings. The van der Waals surface area contributed by atoms with Gasteiger partial charge in [-0.25, -0.2) is 14.2 Å². The van der Waals surface area contributed by atoms with Crippen molar-refractivity contribution in [2.75, 3.05) is 13.1 Å². The number of allylic oxidation sites excluding steroid dienone is 1. The van der Waals surface area contributed by atoms with Gasteiger partial charge in [-0.1, -0.05) is 18.7 Å². The van der Waals surface area contributed by atoms with E-state index in [9.17, 15) is 9.18 Å². The fraction of sp³-hybridized carbons (Fsp3) is 0.450. The number of hydrogen-bond donors (Lipinski definition) is 1. The first-order valence-electron chi connectivity index (χ1n) is 8.73. The van der Waals surface area contributed by atoms with E-state index in [4.69, 9.17) is 10.1 Å². The first-order valence-corrected chi connectivity index (χ1v) is 8.73. The number of carbonyl (C=O) groups excluding carboxylic acids is 1. The molecule has 0 bridgehead atoms. The molecule has 1 aliphatic rings. The highest BCUT2D eigenvalue weighted by atomic mass is 19.1. The second-order valence-electron chi connectivity index (χ2n) is 7.31. The van der Waals surface area contributed by atoms with Crippen molar-refractivity contribution < 1.29 is 13.9 Å². The lowest BCUT2D eigenvalue weighted by Crippen LogP contribution is -2.42. The summed E-state index contributed by atoms with van der Waals surface area (Å²) in [6, 6.07) is 6.10. The van der Waals surface area contributed by atoms with Gasteiger partial charge in [-0.15, -0.1) is 0 Å². The summed E-state index contributed by atoms with van der Waals surface area (Å²) < 4.78 is 19.2. The largest absolute Gasteiger partial charge is 0.444 e. The van der Waals surface area contributed by atoms with Crippen LogP contribution in [0, 0.1) is 17.1 Å². The minimum absolute atomic E-state index is 0.0818. The lowest BCUT2D eigenvalue weighted by molar-refractivity contribution is 0.0202. The van der Waals surface area contributed by atoms with E-state index in [0.717, 1.165) is 0 Å². The summed E-state index contributed by atoms with van der Waals surface area (Å²) in [4.78, 5) is 18.1. The minimum atomic E-state index is -0.517. The molecule has 1 aliphatic heterocycles. The third-order valence-electron chi connectivity index (χ3n) is 4.14. The molecule has 26 heavy (non-hydrogen) atoms. The summed E-state index contributed by atoms with van der Waals surface area (Å²) in [5, 5.41) is 8.07. The van der Waals surface area contributed by atoms with Crippen LogP contribution in [0.2, 0.25) is 0 Å². The van der Waals surface area contributed by atoms with Gasteiger partial charge in [0.05, 0.1) is 5.56 Å². The van der Waals surface area contributed by atoms with Crippen LogP contribution in [0.25, 0.3) is 0 Å². The molecule has 6 heteroatoms. The van der Waals surface area contributed by atoms with Gasteiger partial charge in [-0.2, -0.15) is 0 Å². The molecule has 1 aromatic carbocycles. The van der Waals surface area contributed by atoms with E-state index < -0.39 is 11.4 Å². The van der Waals surface area contributed by atoms with Crippen LogP contribution in [0.15, 0.2) is 41.9 Å². The topological polar surface area (TPSA) is 65.8 Å². The van der Waals surface area contributed by atoms with Crippen LogP contribution < -0.4 is 0 Å². The summed E-state index contributed by atoms with van der Waals surface area (Å²) in [5.41, 5.74) is 0.302. The number of amidine groups is 1. The molecule has 2 rings (SSSR count). The second kappa shape index (κ2) is 8.25. The quantitative estimate of drug-likeness (QED) is 0.641. The summed E-state index contributed by atoms with van der Waals surface area (Å²) in [6.07, 6.45) is 2.71. The highest BCUT2D eigenvalue weighted by Crippen LogP contribution is 2.22. The Bertz CT molecular complexity index is 714. The Morgan fingerprint density at radius 1 is 1.35 bits per heavy atom. The summed E-state index contributed by atoms with van der Waals surface area (Å²) in [5.74, 6) is -0.504. The first-order chi connectivity index (χ1) is 12.2. The van der Waals surface area contributed by atoms with Crippen LogP contribution >= 0.6 is 0 Å². The molecule has 140 valence electrons. The summed E-state index contributed by atoms with van der Waals surface area (Å²) in [7, 11) is 0. The molecule has 1 amide bonds. The Hall–Kier alpha value is -2.50. The zero-order chi connectivity index (χ0) is 19.3. The van der Waals surface area contributed by atoms with Crippen molar-refractivity contribution in [2.24, 2.45) is 10.9 Å². The third kappa shape index (κ3) is 5.25. The maximum absolute atomic E-state index is 13.8. The van der Waals surface area contributed by atoms with Crippen LogP contribution in [0.5, 0.6) is 0 Å². The molecular formula is C20H26FN3O2. The number of nitrogens with one attached hydrogen (secondary N) is 1. The second-order valence-corrected chi connectivity index (χ2v) is 7.31. The number of rotatable bonds is 3. The highest BCUT2D eigenvalue weighted by Gasteiger charge is 2.28. The number of carbonyl (C=O) groups is 1. The molecule has 0 atom stereocenters. The number of ether oxygens (including phenoxy) is 1. The lowest BCUT2D eigenvalue weighted by atomic mass is 9.92. The van der Waals surface area contributed by atoms with E-state index in [1.165, 1.54) is 12.1 Å². The molecule has 1 aromatic rings. The van der Waals surface area contributed by atoms with Crippen LogP contribution in [-0.2, 0) is 4.74 Å². The number of likely N-dealkylation sites (tertiary alicyclic amines) is 1. The Kier molecular flexibility index (Phi) is 6.29. The van der Waals surface area contributed by atoms with Gasteiger partial charge >= 0.3 is 6.09 Å². The Labute approximate surface area is 154 Å². The lowest BCUT2D eigenvalue weighted by Gasteiger charge is -2.33. The number of hydrogen-bond acceptors (Lipinski definition) is 3. The van der Waals surface area contributed by atoms with E-state index in [0.29, 0.717) is 31.6 Å². The molecule has 0 aliphatic carbocycles. The molecule has 0 saturated carbocycles. The van der Waals surface area contributed by atoms with Crippen molar-refractivity contribution in [3.63, 3.8) is 0 Å². The fourth-order valence-electron chi connectivity index (χ4n) is 2.83. The van der Waals surface area contributed by atoms with Gasteiger partial charge in [0.1, 0.15) is 11.4 Å². The maximum Gasteiger partial charge on any atom is 0.410 e. The number of aliphatic imine (C=N–C) groups is 1. The first kappa shape index (κ1) is 19.8. The van der Waals surface area contributed by atoms with E-state index >= 15 is 0 Å². The Morgan fingerprint density at radius 2 is 1.96 bits per heavy atom. The highest BCUT2D eigenvalue weighted by molar-refractivity contribution is 6.09. The minimum Gasteiger partial charge on any atom is -0.444 e.